The third kappa shape index (κ3) is 3.24. The number of imidazole rings is 1. The van der Waals surface area contributed by atoms with Crippen molar-refractivity contribution in [3.05, 3.63) is 65.5 Å². The van der Waals surface area contributed by atoms with E-state index < -0.39 is 6.10 Å². The van der Waals surface area contributed by atoms with E-state index in [1.807, 2.05) is 43.9 Å². The van der Waals surface area contributed by atoms with Crippen LogP contribution >= 0.6 is 0 Å². The van der Waals surface area contributed by atoms with Crippen LogP contribution in [0.1, 0.15) is 36.8 Å². The molecular weight excluding hydrogens is 395 g/mol. The molecule has 3 aromatic heterocycles. The third-order valence-corrected chi connectivity index (χ3v) is 5.60. The second kappa shape index (κ2) is 7.23. The Bertz CT molecular complexity index is 1290. The predicted molar refractivity (Wildman–Crippen MR) is 116 cm³/mol. The summed E-state index contributed by atoms with van der Waals surface area (Å²) in [5, 5.41) is 4.57. The van der Waals surface area contributed by atoms with E-state index in [2.05, 4.69) is 14.6 Å². The number of aryl methyl sites for hydroxylation is 2. The van der Waals surface area contributed by atoms with E-state index in [1.54, 1.807) is 12.3 Å². The van der Waals surface area contributed by atoms with Crippen LogP contribution in [0.25, 0.3) is 22.6 Å². The predicted octanol–water partition coefficient (Wildman–Crippen LogP) is 4.36. The second-order valence-corrected chi connectivity index (χ2v) is 7.77. The van der Waals surface area contributed by atoms with Crippen molar-refractivity contribution in [2.75, 3.05) is 5.73 Å². The minimum absolute atomic E-state index is 0.284. The molecule has 5 rings (SSSR count). The van der Waals surface area contributed by atoms with Gasteiger partial charge in [-0.05, 0) is 45.0 Å². The van der Waals surface area contributed by atoms with Crippen LogP contribution in [0.5, 0.6) is 5.75 Å². The van der Waals surface area contributed by atoms with Crippen molar-refractivity contribution in [3.63, 3.8) is 0 Å². The number of halogens is 1. The van der Waals surface area contributed by atoms with Gasteiger partial charge in [-0.3, -0.25) is 4.68 Å². The number of rotatable bonds is 1. The van der Waals surface area contributed by atoms with Crippen LogP contribution in [-0.4, -0.2) is 24.3 Å². The Labute approximate surface area is 179 Å². The number of nitrogens with zero attached hydrogens (tertiary/aromatic N) is 5. The van der Waals surface area contributed by atoms with Gasteiger partial charge < -0.3 is 15.0 Å². The number of nitrogens with two attached hydrogens (primary N) is 1. The van der Waals surface area contributed by atoms with Gasteiger partial charge in [-0.1, -0.05) is 0 Å². The summed E-state index contributed by atoms with van der Waals surface area (Å²) >= 11 is 0. The van der Waals surface area contributed by atoms with Gasteiger partial charge in [0.25, 0.3) is 0 Å². The quantitative estimate of drug-likeness (QED) is 0.497. The van der Waals surface area contributed by atoms with Crippen LogP contribution in [-0.2, 0) is 13.1 Å². The Morgan fingerprint density at radius 3 is 2.90 bits per heavy atom. The molecule has 0 fully saturated rings. The topological polar surface area (TPSA) is 83.8 Å². The van der Waals surface area contributed by atoms with Crippen molar-refractivity contribution in [2.45, 2.75) is 40.0 Å². The average Bonchev–Trinajstić information content (AvgIpc) is 3.32. The van der Waals surface area contributed by atoms with Crippen LogP contribution in [0.15, 0.2) is 42.9 Å². The SMILES string of the molecule is CCn1ncc2c1-c1cnc(N)c(c1)O[C@H](C)c1cc(F)ccc1-c1nc(C)cn1C2. The van der Waals surface area contributed by atoms with Gasteiger partial charge in [0, 0.05) is 41.2 Å². The lowest BCUT2D eigenvalue weighted by molar-refractivity contribution is 0.227. The number of nitrogen functional groups attached to an aromatic ring is 1. The minimum atomic E-state index is -0.467. The Balaban J connectivity index is 1.81. The highest BCUT2D eigenvalue weighted by molar-refractivity contribution is 5.68. The highest BCUT2D eigenvalue weighted by atomic mass is 19.1. The summed E-state index contributed by atoms with van der Waals surface area (Å²) in [6.07, 6.45) is 5.14. The molecule has 1 aromatic carbocycles. The summed E-state index contributed by atoms with van der Waals surface area (Å²) in [6, 6.07) is 6.58. The van der Waals surface area contributed by atoms with Crippen molar-refractivity contribution in [1.29, 1.82) is 0 Å². The molecule has 1 atom stereocenters. The molecule has 4 heterocycles. The molecule has 1 aliphatic rings. The number of fused-ring (bicyclic) bond motifs is 7. The van der Waals surface area contributed by atoms with Crippen LogP contribution in [0.4, 0.5) is 10.2 Å². The van der Waals surface area contributed by atoms with Gasteiger partial charge in [0.1, 0.15) is 17.7 Å². The highest BCUT2D eigenvalue weighted by Gasteiger charge is 2.23. The van der Waals surface area contributed by atoms with Crippen molar-refractivity contribution >= 4 is 5.82 Å². The van der Waals surface area contributed by atoms with Gasteiger partial charge in [-0.2, -0.15) is 5.10 Å². The van der Waals surface area contributed by atoms with Gasteiger partial charge in [0.2, 0.25) is 0 Å². The fraction of sp³-hybridized carbons (Fsp3) is 0.261. The number of pyridine rings is 1. The molecule has 0 amide bonds. The minimum Gasteiger partial charge on any atom is -0.482 e. The molecule has 0 unspecified atom stereocenters. The summed E-state index contributed by atoms with van der Waals surface area (Å²) in [7, 11) is 0. The Kier molecular flexibility index (Phi) is 4.50. The van der Waals surface area contributed by atoms with E-state index >= 15 is 0 Å². The normalized spacial score (nSPS) is 15.2. The van der Waals surface area contributed by atoms with Crippen molar-refractivity contribution < 1.29 is 9.13 Å². The molecule has 2 bridgehead atoms. The molecule has 7 nitrogen and oxygen atoms in total. The highest BCUT2D eigenvalue weighted by Crippen LogP contribution is 2.37. The van der Waals surface area contributed by atoms with Crippen LogP contribution < -0.4 is 10.5 Å². The van der Waals surface area contributed by atoms with Gasteiger partial charge >= 0.3 is 0 Å². The fourth-order valence-corrected chi connectivity index (χ4v) is 4.19. The number of hydrogen-bond acceptors (Lipinski definition) is 5. The molecule has 0 aliphatic carbocycles. The van der Waals surface area contributed by atoms with E-state index in [1.165, 1.54) is 12.1 Å². The van der Waals surface area contributed by atoms with Gasteiger partial charge in [0.15, 0.2) is 11.6 Å². The number of anilines is 1. The second-order valence-electron chi connectivity index (χ2n) is 7.77. The zero-order valence-corrected chi connectivity index (χ0v) is 17.6. The monoisotopic (exact) mass is 418 g/mol. The Morgan fingerprint density at radius 2 is 2.10 bits per heavy atom. The molecule has 8 heteroatoms. The van der Waals surface area contributed by atoms with E-state index in [4.69, 9.17) is 15.5 Å². The molecule has 2 N–H and O–H groups in total. The van der Waals surface area contributed by atoms with E-state index in [-0.39, 0.29) is 11.6 Å². The molecule has 0 spiro atoms. The van der Waals surface area contributed by atoms with Gasteiger partial charge in [0.05, 0.1) is 24.1 Å². The molecule has 0 saturated heterocycles. The summed E-state index contributed by atoms with van der Waals surface area (Å²) in [5.74, 6) is 1.16. The average molecular weight is 418 g/mol. The molecule has 31 heavy (non-hydrogen) atoms. The number of benzene rings is 1. The number of ether oxygens (including phenoxy) is 1. The lowest BCUT2D eigenvalue weighted by Crippen LogP contribution is -2.11. The summed E-state index contributed by atoms with van der Waals surface area (Å²) < 4.78 is 24.4. The van der Waals surface area contributed by atoms with Crippen molar-refractivity contribution in [3.8, 4) is 28.4 Å². The molecular formula is C23H23FN6O. The molecule has 158 valence electrons. The maximum atomic E-state index is 14.2. The standard InChI is InChI=1S/C23H23FN6O/c1-4-30-21-15-7-20(22(25)26-9-15)31-14(3)19-8-17(24)5-6-18(19)23-28-13(2)11-29(23)12-16(21)10-27-30/h5-11,14H,4,12H2,1-3H3,(H2,25,26)/t14-/m1/s1. The summed E-state index contributed by atoms with van der Waals surface area (Å²) in [6.45, 7) is 7.15. The Morgan fingerprint density at radius 1 is 1.26 bits per heavy atom. The van der Waals surface area contributed by atoms with Gasteiger partial charge in [-0.15, -0.1) is 0 Å². The van der Waals surface area contributed by atoms with E-state index in [9.17, 15) is 4.39 Å². The van der Waals surface area contributed by atoms with Crippen LogP contribution in [0.3, 0.4) is 0 Å². The van der Waals surface area contributed by atoms with Crippen molar-refractivity contribution in [2.24, 2.45) is 0 Å². The van der Waals surface area contributed by atoms with Crippen LogP contribution in [0, 0.1) is 12.7 Å². The zero-order valence-electron chi connectivity index (χ0n) is 17.6. The maximum absolute atomic E-state index is 14.2. The summed E-state index contributed by atoms with van der Waals surface area (Å²) in [4.78, 5) is 9.11. The maximum Gasteiger partial charge on any atom is 0.166 e. The third-order valence-electron chi connectivity index (χ3n) is 5.60. The van der Waals surface area contributed by atoms with Gasteiger partial charge in [-0.25, -0.2) is 14.4 Å². The largest absolute Gasteiger partial charge is 0.482 e. The van der Waals surface area contributed by atoms with Crippen molar-refractivity contribution in [1.82, 2.24) is 24.3 Å². The fourth-order valence-electron chi connectivity index (χ4n) is 4.19. The lowest BCUT2D eigenvalue weighted by atomic mass is 10.0. The summed E-state index contributed by atoms with van der Waals surface area (Å²) in [5.41, 5.74) is 11.4. The molecule has 4 aromatic rings. The molecule has 0 saturated carbocycles. The van der Waals surface area contributed by atoms with E-state index in [0.29, 0.717) is 24.4 Å². The van der Waals surface area contributed by atoms with Crippen LogP contribution in [0.2, 0.25) is 0 Å². The zero-order chi connectivity index (χ0) is 21.7. The molecule has 0 radical (unpaired) electrons. The molecule has 1 aliphatic heterocycles. The smallest absolute Gasteiger partial charge is 0.166 e. The first-order valence-corrected chi connectivity index (χ1v) is 10.3. The Hall–Kier alpha value is -3.68. The first kappa shape index (κ1) is 19.3. The van der Waals surface area contributed by atoms with E-state index in [0.717, 1.165) is 33.9 Å². The number of hydrogen-bond donors (Lipinski definition) is 1. The first-order valence-electron chi connectivity index (χ1n) is 10.3. The lowest BCUT2D eigenvalue weighted by Gasteiger charge is -2.21. The number of aromatic nitrogens is 5. The first-order chi connectivity index (χ1) is 14.9.